The standard InChI is InChI=1S/C18H16N4OS/c1-10-4-6-13(7-5-10)14-9-19-22-16(23)8-15(21-18(14)22)17-11(2)20-12(3)24-17/h4-9,19H,1-3H3. The van der Waals surface area contributed by atoms with Gasteiger partial charge in [-0.3, -0.25) is 9.89 Å². The Labute approximate surface area is 142 Å². The van der Waals surface area contributed by atoms with E-state index in [1.165, 1.54) is 10.1 Å². The van der Waals surface area contributed by atoms with Gasteiger partial charge in [0.25, 0.3) is 5.56 Å². The van der Waals surface area contributed by atoms with Gasteiger partial charge in [-0.25, -0.2) is 14.5 Å². The minimum absolute atomic E-state index is 0.126. The summed E-state index contributed by atoms with van der Waals surface area (Å²) in [6.45, 7) is 5.95. The van der Waals surface area contributed by atoms with Crippen molar-refractivity contribution in [2.45, 2.75) is 20.8 Å². The predicted molar refractivity (Wildman–Crippen MR) is 96.6 cm³/mol. The van der Waals surface area contributed by atoms with Gasteiger partial charge in [0.15, 0.2) is 5.65 Å². The second kappa shape index (κ2) is 5.42. The van der Waals surface area contributed by atoms with Crippen LogP contribution in [0, 0.1) is 20.8 Å². The van der Waals surface area contributed by atoms with Gasteiger partial charge in [0, 0.05) is 17.8 Å². The second-order valence-electron chi connectivity index (χ2n) is 5.84. The van der Waals surface area contributed by atoms with Crippen LogP contribution in [0.5, 0.6) is 0 Å². The van der Waals surface area contributed by atoms with Crippen LogP contribution in [0.15, 0.2) is 41.3 Å². The quantitative estimate of drug-likeness (QED) is 0.606. The number of nitrogens with zero attached hydrogens (tertiary/aromatic N) is 3. The van der Waals surface area contributed by atoms with Crippen LogP contribution in [0.25, 0.3) is 27.3 Å². The molecule has 0 aliphatic carbocycles. The first kappa shape index (κ1) is 14.8. The van der Waals surface area contributed by atoms with Crippen LogP contribution < -0.4 is 5.56 Å². The normalized spacial score (nSPS) is 11.3. The monoisotopic (exact) mass is 336 g/mol. The molecule has 1 N–H and O–H groups in total. The van der Waals surface area contributed by atoms with Gasteiger partial charge >= 0.3 is 0 Å². The maximum Gasteiger partial charge on any atom is 0.273 e. The van der Waals surface area contributed by atoms with Crippen molar-refractivity contribution in [3.63, 3.8) is 0 Å². The zero-order valence-electron chi connectivity index (χ0n) is 13.6. The molecule has 0 aliphatic heterocycles. The van der Waals surface area contributed by atoms with Crippen molar-refractivity contribution < 1.29 is 0 Å². The third-order valence-electron chi connectivity index (χ3n) is 4.00. The number of H-pyrrole nitrogens is 1. The summed E-state index contributed by atoms with van der Waals surface area (Å²) in [6, 6.07) is 9.75. The molecule has 24 heavy (non-hydrogen) atoms. The Balaban J connectivity index is 1.96. The maximum atomic E-state index is 12.5. The summed E-state index contributed by atoms with van der Waals surface area (Å²) in [6.07, 6.45) is 1.82. The molecule has 0 amide bonds. The molecule has 3 aromatic heterocycles. The van der Waals surface area contributed by atoms with Gasteiger partial charge in [-0.05, 0) is 26.3 Å². The molecule has 5 nitrogen and oxygen atoms in total. The molecule has 4 aromatic rings. The van der Waals surface area contributed by atoms with E-state index in [1.54, 1.807) is 17.4 Å². The van der Waals surface area contributed by atoms with Crippen molar-refractivity contribution in [3.05, 3.63) is 63.1 Å². The fourth-order valence-electron chi connectivity index (χ4n) is 2.81. The number of fused-ring (bicyclic) bond motifs is 1. The Morgan fingerprint density at radius 1 is 1.08 bits per heavy atom. The summed E-state index contributed by atoms with van der Waals surface area (Å²) < 4.78 is 1.47. The van der Waals surface area contributed by atoms with Crippen LogP contribution in [0.2, 0.25) is 0 Å². The number of hydrogen-bond acceptors (Lipinski definition) is 4. The molecule has 6 heteroatoms. The molecule has 3 heterocycles. The fourth-order valence-corrected chi connectivity index (χ4v) is 3.69. The van der Waals surface area contributed by atoms with E-state index in [1.807, 2.05) is 32.2 Å². The largest absolute Gasteiger partial charge is 0.296 e. The number of nitrogens with one attached hydrogen (secondary N) is 1. The van der Waals surface area contributed by atoms with Crippen LogP contribution in [0.4, 0.5) is 0 Å². The zero-order valence-corrected chi connectivity index (χ0v) is 14.4. The minimum atomic E-state index is -0.126. The van der Waals surface area contributed by atoms with Crippen molar-refractivity contribution in [3.8, 4) is 21.7 Å². The summed E-state index contributed by atoms with van der Waals surface area (Å²) in [4.78, 5) is 22.6. The first-order chi connectivity index (χ1) is 11.5. The Hall–Kier alpha value is -2.73. The number of aromatic amines is 1. The molecule has 0 aliphatic rings. The minimum Gasteiger partial charge on any atom is -0.296 e. The lowest BCUT2D eigenvalue weighted by atomic mass is 10.1. The Morgan fingerprint density at radius 2 is 1.83 bits per heavy atom. The number of aryl methyl sites for hydroxylation is 3. The van der Waals surface area contributed by atoms with Crippen LogP contribution >= 0.6 is 11.3 Å². The number of benzene rings is 1. The highest BCUT2D eigenvalue weighted by atomic mass is 32.1. The Morgan fingerprint density at radius 3 is 2.50 bits per heavy atom. The van der Waals surface area contributed by atoms with Gasteiger partial charge in [0.1, 0.15) is 0 Å². The number of aromatic nitrogens is 4. The first-order valence-corrected chi connectivity index (χ1v) is 8.47. The van der Waals surface area contributed by atoms with Crippen LogP contribution in [0.1, 0.15) is 16.3 Å². The van der Waals surface area contributed by atoms with E-state index < -0.39 is 0 Å². The van der Waals surface area contributed by atoms with E-state index in [0.29, 0.717) is 11.3 Å². The van der Waals surface area contributed by atoms with Gasteiger partial charge < -0.3 is 0 Å². The summed E-state index contributed by atoms with van der Waals surface area (Å²) in [5.41, 5.74) is 5.22. The lowest BCUT2D eigenvalue weighted by Crippen LogP contribution is -2.14. The van der Waals surface area contributed by atoms with Crippen molar-refractivity contribution >= 4 is 17.0 Å². The molecule has 0 spiro atoms. The molecule has 1 aromatic carbocycles. The molecular formula is C18H16N4OS. The Bertz CT molecular complexity index is 1100. The molecular weight excluding hydrogens is 320 g/mol. The van der Waals surface area contributed by atoms with Crippen LogP contribution in [0.3, 0.4) is 0 Å². The number of hydrogen-bond donors (Lipinski definition) is 1. The fraction of sp³-hybridized carbons (Fsp3) is 0.167. The van der Waals surface area contributed by atoms with E-state index in [0.717, 1.165) is 26.7 Å². The average Bonchev–Trinajstić information content (AvgIpc) is 3.11. The van der Waals surface area contributed by atoms with Crippen LogP contribution in [-0.4, -0.2) is 19.6 Å². The predicted octanol–water partition coefficient (Wildman–Crippen LogP) is 3.74. The molecule has 120 valence electrons. The van der Waals surface area contributed by atoms with Gasteiger partial charge in [-0.1, -0.05) is 29.8 Å². The van der Waals surface area contributed by atoms with Gasteiger partial charge in [0.2, 0.25) is 0 Å². The summed E-state index contributed by atoms with van der Waals surface area (Å²) in [5, 5.41) is 3.97. The molecule has 0 unspecified atom stereocenters. The Kier molecular flexibility index (Phi) is 3.35. The summed E-state index contributed by atoms with van der Waals surface area (Å²) >= 11 is 1.56. The topological polar surface area (TPSA) is 63.0 Å². The van der Waals surface area contributed by atoms with Crippen LogP contribution in [-0.2, 0) is 0 Å². The van der Waals surface area contributed by atoms with Gasteiger partial charge in [-0.2, -0.15) is 0 Å². The third kappa shape index (κ3) is 2.35. The van der Waals surface area contributed by atoms with Crippen molar-refractivity contribution in [2.75, 3.05) is 0 Å². The van der Waals surface area contributed by atoms with Crippen molar-refractivity contribution in [2.24, 2.45) is 0 Å². The highest BCUT2D eigenvalue weighted by Crippen LogP contribution is 2.29. The van der Waals surface area contributed by atoms with Crippen molar-refractivity contribution in [1.29, 1.82) is 0 Å². The molecule has 4 rings (SSSR count). The molecule has 0 saturated carbocycles. The highest BCUT2D eigenvalue weighted by Gasteiger charge is 2.15. The second-order valence-corrected chi connectivity index (χ2v) is 7.04. The number of thiazole rings is 1. The zero-order chi connectivity index (χ0) is 16.8. The molecule has 0 saturated heterocycles. The SMILES string of the molecule is Cc1ccc(-c2c[nH]n3c(=O)cc(-c4sc(C)nc4C)nc23)cc1. The lowest BCUT2D eigenvalue weighted by molar-refractivity contribution is 0.901. The van der Waals surface area contributed by atoms with E-state index >= 15 is 0 Å². The van der Waals surface area contributed by atoms with E-state index in [-0.39, 0.29) is 5.56 Å². The maximum absolute atomic E-state index is 12.5. The number of rotatable bonds is 2. The summed E-state index contributed by atoms with van der Waals surface area (Å²) in [7, 11) is 0. The summed E-state index contributed by atoms with van der Waals surface area (Å²) in [5.74, 6) is 0. The smallest absolute Gasteiger partial charge is 0.273 e. The van der Waals surface area contributed by atoms with Crippen molar-refractivity contribution in [1.82, 2.24) is 19.6 Å². The average molecular weight is 336 g/mol. The molecule has 0 atom stereocenters. The first-order valence-electron chi connectivity index (χ1n) is 7.65. The third-order valence-corrected chi connectivity index (χ3v) is 5.09. The lowest BCUT2D eigenvalue weighted by Gasteiger charge is -2.02. The van der Waals surface area contributed by atoms with E-state index in [9.17, 15) is 4.79 Å². The van der Waals surface area contributed by atoms with E-state index in [2.05, 4.69) is 29.1 Å². The van der Waals surface area contributed by atoms with Gasteiger partial charge in [0.05, 0.1) is 21.3 Å². The van der Waals surface area contributed by atoms with E-state index in [4.69, 9.17) is 4.98 Å². The highest BCUT2D eigenvalue weighted by molar-refractivity contribution is 7.15. The molecule has 0 bridgehead atoms. The molecule has 0 fully saturated rings. The molecule has 0 radical (unpaired) electrons. The van der Waals surface area contributed by atoms with Gasteiger partial charge in [-0.15, -0.1) is 11.3 Å².